The Bertz CT molecular complexity index is 1120. The summed E-state index contributed by atoms with van der Waals surface area (Å²) in [6.07, 6.45) is -0.906. The van der Waals surface area contributed by atoms with Gasteiger partial charge in [0.2, 0.25) is 0 Å². The summed E-state index contributed by atoms with van der Waals surface area (Å²) in [5.41, 5.74) is -2.93. The van der Waals surface area contributed by atoms with Gasteiger partial charge < -0.3 is 0 Å². The van der Waals surface area contributed by atoms with Gasteiger partial charge in [-0.25, -0.2) is 22.0 Å². The van der Waals surface area contributed by atoms with Crippen LogP contribution in [0.4, 0.5) is 35.1 Å². The Kier molecular flexibility index (Phi) is 5.87. The minimum Gasteiger partial charge on any atom is -0.206 e. The number of allylic oxidation sites excluding steroid dienone is 2. The van der Waals surface area contributed by atoms with Crippen LogP contribution in [0.5, 0.6) is 0 Å². The molecule has 0 saturated carbocycles. The molecule has 0 unspecified atom stereocenters. The Labute approximate surface area is 166 Å². The molecule has 3 rings (SSSR count). The van der Waals surface area contributed by atoms with E-state index >= 15 is 0 Å². The number of aryl methyl sites for hydroxylation is 1. The molecule has 0 radical (unpaired) electrons. The third-order valence-electron chi connectivity index (χ3n) is 4.59. The van der Waals surface area contributed by atoms with Gasteiger partial charge in [0.15, 0.2) is 0 Å². The first-order valence-corrected chi connectivity index (χ1v) is 8.82. The summed E-state index contributed by atoms with van der Waals surface area (Å²) in [5.74, 6) is -7.64. The molecule has 0 heterocycles. The number of hydrogen-bond donors (Lipinski definition) is 0. The van der Waals surface area contributed by atoms with Gasteiger partial charge >= 0.3 is 6.18 Å². The lowest BCUT2D eigenvalue weighted by atomic mass is 9.96. The molecule has 0 N–H and O–H groups in total. The lowest BCUT2D eigenvalue weighted by molar-refractivity contribution is -0.142. The van der Waals surface area contributed by atoms with Crippen molar-refractivity contribution in [1.29, 1.82) is 0 Å². The highest BCUT2D eigenvalue weighted by Crippen LogP contribution is 2.39. The SMILES string of the molecule is C/C=C/CCc1cc(F)c(-c2cc(F)c3c(F)c(C(F)(F)F)c(F)cc3c2)c(F)c1. The number of rotatable bonds is 4. The van der Waals surface area contributed by atoms with Crippen LogP contribution in [0.15, 0.2) is 42.5 Å². The maximum Gasteiger partial charge on any atom is 0.422 e. The highest BCUT2D eigenvalue weighted by atomic mass is 19.4. The molecule has 0 bridgehead atoms. The van der Waals surface area contributed by atoms with E-state index in [1.165, 1.54) is 0 Å². The number of benzene rings is 3. The Morgan fingerprint density at radius 1 is 0.800 bits per heavy atom. The summed E-state index contributed by atoms with van der Waals surface area (Å²) in [5, 5.41) is -1.71. The van der Waals surface area contributed by atoms with Gasteiger partial charge in [0.1, 0.15) is 34.6 Å². The first-order valence-electron chi connectivity index (χ1n) is 8.82. The van der Waals surface area contributed by atoms with E-state index in [2.05, 4.69) is 0 Å². The van der Waals surface area contributed by atoms with Crippen molar-refractivity contribution < 1.29 is 35.1 Å². The third-order valence-corrected chi connectivity index (χ3v) is 4.59. The normalized spacial score (nSPS) is 12.3. The fourth-order valence-electron chi connectivity index (χ4n) is 3.28. The lowest BCUT2D eigenvalue weighted by Gasteiger charge is -2.14. The van der Waals surface area contributed by atoms with Crippen LogP contribution in [0, 0.1) is 29.1 Å². The third kappa shape index (κ3) is 4.04. The zero-order valence-corrected chi connectivity index (χ0v) is 15.5. The first-order chi connectivity index (χ1) is 14.0. The highest BCUT2D eigenvalue weighted by Gasteiger charge is 2.39. The van der Waals surface area contributed by atoms with Gasteiger partial charge in [0.05, 0.1) is 10.9 Å². The molecular formula is C22H14F8. The summed E-state index contributed by atoms with van der Waals surface area (Å²) in [4.78, 5) is 0. The van der Waals surface area contributed by atoms with Crippen molar-refractivity contribution in [3.63, 3.8) is 0 Å². The van der Waals surface area contributed by atoms with E-state index in [4.69, 9.17) is 0 Å². The molecule has 0 aliphatic rings. The molecule has 0 amide bonds. The molecule has 0 nitrogen and oxygen atoms in total. The minimum absolute atomic E-state index is 0.287. The number of alkyl halides is 3. The molecule has 8 heteroatoms. The maximum atomic E-state index is 14.5. The second kappa shape index (κ2) is 8.08. The quantitative estimate of drug-likeness (QED) is 0.294. The Morgan fingerprint density at radius 2 is 1.43 bits per heavy atom. The Hall–Kier alpha value is -2.90. The molecule has 30 heavy (non-hydrogen) atoms. The van der Waals surface area contributed by atoms with Crippen molar-refractivity contribution in [2.45, 2.75) is 25.9 Å². The van der Waals surface area contributed by atoms with Crippen LogP contribution in [0.25, 0.3) is 21.9 Å². The molecular weight excluding hydrogens is 416 g/mol. The number of fused-ring (bicyclic) bond motifs is 1. The van der Waals surface area contributed by atoms with Gasteiger partial charge in [0.25, 0.3) is 0 Å². The van der Waals surface area contributed by atoms with E-state index in [0.717, 1.165) is 18.2 Å². The van der Waals surface area contributed by atoms with Gasteiger partial charge in [-0.05, 0) is 66.6 Å². The van der Waals surface area contributed by atoms with Crippen LogP contribution < -0.4 is 0 Å². The molecule has 0 aromatic heterocycles. The van der Waals surface area contributed by atoms with Crippen LogP contribution in [-0.2, 0) is 12.6 Å². The van der Waals surface area contributed by atoms with E-state index in [-0.39, 0.29) is 6.07 Å². The molecule has 0 spiro atoms. The monoisotopic (exact) mass is 430 g/mol. The first kappa shape index (κ1) is 21.8. The van der Waals surface area contributed by atoms with Gasteiger partial charge in [-0.3, -0.25) is 0 Å². The molecule has 0 atom stereocenters. The fraction of sp³-hybridized carbons (Fsp3) is 0.182. The number of halogens is 8. The largest absolute Gasteiger partial charge is 0.422 e. The predicted octanol–water partition coefficient (Wildman–Crippen LogP) is 7.73. The van der Waals surface area contributed by atoms with Crippen LogP contribution in [0.2, 0.25) is 0 Å². The van der Waals surface area contributed by atoms with Gasteiger partial charge in [-0.15, -0.1) is 0 Å². The van der Waals surface area contributed by atoms with Crippen molar-refractivity contribution in [3.05, 3.63) is 82.7 Å². The van der Waals surface area contributed by atoms with E-state index in [9.17, 15) is 35.1 Å². The Morgan fingerprint density at radius 3 is 2.00 bits per heavy atom. The number of hydrogen-bond acceptors (Lipinski definition) is 0. The molecule has 0 saturated heterocycles. The smallest absolute Gasteiger partial charge is 0.206 e. The predicted molar refractivity (Wildman–Crippen MR) is 97.3 cm³/mol. The topological polar surface area (TPSA) is 0 Å². The molecule has 0 fully saturated rings. The fourth-order valence-corrected chi connectivity index (χ4v) is 3.28. The molecule has 0 aliphatic heterocycles. The second-order valence-corrected chi connectivity index (χ2v) is 6.64. The zero-order chi connectivity index (χ0) is 22.2. The van der Waals surface area contributed by atoms with Crippen LogP contribution in [0.1, 0.15) is 24.5 Å². The average molecular weight is 430 g/mol. The van der Waals surface area contributed by atoms with Gasteiger partial charge in [0, 0.05) is 0 Å². The summed E-state index contributed by atoms with van der Waals surface area (Å²) in [6.45, 7) is 1.79. The average Bonchev–Trinajstić information content (AvgIpc) is 2.59. The standard InChI is InChI=1S/C22H14F8/c1-2-3-4-5-11-6-14(23)18(15(24)7-11)12-8-13-10-17(26)20(22(28,29)30)21(27)19(13)16(25)9-12/h2-3,6-10H,4-5H2,1H3/b3-2+. The summed E-state index contributed by atoms with van der Waals surface area (Å²) < 4.78 is 110. The van der Waals surface area contributed by atoms with Crippen molar-refractivity contribution in [2.75, 3.05) is 0 Å². The summed E-state index contributed by atoms with van der Waals surface area (Å²) in [7, 11) is 0. The lowest BCUT2D eigenvalue weighted by Crippen LogP contribution is -2.12. The van der Waals surface area contributed by atoms with Crippen LogP contribution in [0.3, 0.4) is 0 Å². The van der Waals surface area contributed by atoms with Crippen molar-refractivity contribution in [2.24, 2.45) is 0 Å². The van der Waals surface area contributed by atoms with E-state index in [1.807, 2.05) is 0 Å². The van der Waals surface area contributed by atoms with Crippen molar-refractivity contribution in [3.8, 4) is 11.1 Å². The summed E-state index contributed by atoms with van der Waals surface area (Å²) >= 11 is 0. The van der Waals surface area contributed by atoms with E-state index in [1.54, 1.807) is 19.1 Å². The molecule has 3 aromatic rings. The maximum absolute atomic E-state index is 14.5. The van der Waals surface area contributed by atoms with Crippen LogP contribution >= 0.6 is 0 Å². The van der Waals surface area contributed by atoms with Gasteiger partial charge in [-0.2, -0.15) is 13.2 Å². The zero-order valence-electron chi connectivity index (χ0n) is 15.5. The van der Waals surface area contributed by atoms with E-state index in [0.29, 0.717) is 24.5 Å². The Balaban J connectivity index is 2.17. The molecule has 0 aliphatic carbocycles. The second-order valence-electron chi connectivity index (χ2n) is 6.64. The summed E-state index contributed by atoms with van der Waals surface area (Å²) in [6, 6.07) is 3.75. The highest BCUT2D eigenvalue weighted by molar-refractivity contribution is 5.89. The van der Waals surface area contributed by atoms with E-state index < -0.39 is 62.7 Å². The molecule has 3 aromatic carbocycles. The molecule has 158 valence electrons. The van der Waals surface area contributed by atoms with Gasteiger partial charge in [-0.1, -0.05) is 12.2 Å². The van der Waals surface area contributed by atoms with Crippen LogP contribution in [-0.4, -0.2) is 0 Å². The van der Waals surface area contributed by atoms with Crippen molar-refractivity contribution in [1.82, 2.24) is 0 Å². The van der Waals surface area contributed by atoms with Crippen molar-refractivity contribution >= 4 is 10.8 Å². The minimum atomic E-state index is -5.38.